The molecule has 2 N–H and O–H groups in total. The molecule has 2 aromatic heterocycles. The molecular weight excluding hydrogens is 264 g/mol. The van der Waals surface area contributed by atoms with E-state index in [0.29, 0.717) is 5.92 Å². The minimum Gasteiger partial charge on any atom is -0.370 e. The van der Waals surface area contributed by atoms with Gasteiger partial charge >= 0.3 is 0 Å². The van der Waals surface area contributed by atoms with Crippen molar-refractivity contribution in [2.24, 2.45) is 0 Å². The van der Waals surface area contributed by atoms with Crippen molar-refractivity contribution in [1.82, 2.24) is 19.5 Å². The molecule has 1 saturated carbocycles. The summed E-state index contributed by atoms with van der Waals surface area (Å²) in [5, 5.41) is 6.77. The molecule has 112 valence electrons. The van der Waals surface area contributed by atoms with Crippen LogP contribution in [0.1, 0.15) is 37.1 Å². The van der Waals surface area contributed by atoms with E-state index >= 15 is 0 Å². The molecule has 0 aromatic carbocycles. The summed E-state index contributed by atoms with van der Waals surface area (Å²) in [6.45, 7) is 6.72. The fourth-order valence-electron chi connectivity index (χ4n) is 2.29. The van der Waals surface area contributed by atoms with Gasteiger partial charge in [-0.05, 0) is 26.7 Å². The summed E-state index contributed by atoms with van der Waals surface area (Å²) in [5.41, 5.74) is 1.09. The lowest BCUT2D eigenvalue weighted by molar-refractivity contribution is 0.723. The summed E-state index contributed by atoms with van der Waals surface area (Å²) in [7, 11) is 0. The molecular formula is C15H22N6. The van der Waals surface area contributed by atoms with Crippen LogP contribution in [0.4, 0.5) is 11.6 Å². The number of aromatic nitrogens is 4. The van der Waals surface area contributed by atoms with Crippen LogP contribution in [0, 0.1) is 6.92 Å². The van der Waals surface area contributed by atoms with Gasteiger partial charge in [-0.3, -0.25) is 0 Å². The number of hydrogen-bond acceptors (Lipinski definition) is 5. The lowest BCUT2D eigenvalue weighted by Crippen LogP contribution is -2.14. The van der Waals surface area contributed by atoms with Gasteiger partial charge in [0, 0.05) is 43.5 Å². The molecule has 1 aliphatic rings. The van der Waals surface area contributed by atoms with E-state index in [0.717, 1.165) is 42.7 Å². The molecule has 1 aliphatic carbocycles. The zero-order valence-electron chi connectivity index (χ0n) is 12.6. The first kappa shape index (κ1) is 13.9. The van der Waals surface area contributed by atoms with E-state index in [9.17, 15) is 0 Å². The average molecular weight is 286 g/mol. The number of anilines is 2. The molecule has 0 aliphatic heterocycles. The van der Waals surface area contributed by atoms with Crippen molar-refractivity contribution in [3.63, 3.8) is 0 Å². The second-order valence-corrected chi connectivity index (χ2v) is 5.44. The van der Waals surface area contributed by atoms with E-state index in [-0.39, 0.29) is 0 Å². The topological polar surface area (TPSA) is 67.7 Å². The van der Waals surface area contributed by atoms with Crippen molar-refractivity contribution in [3.8, 4) is 0 Å². The predicted molar refractivity (Wildman–Crippen MR) is 83.6 cm³/mol. The van der Waals surface area contributed by atoms with Crippen LogP contribution >= 0.6 is 0 Å². The molecule has 6 nitrogen and oxygen atoms in total. The Hall–Kier alpha value is -2.11. The molecule has 3 rings (SSSR count). The first-order valence-corrected chi connectivity index (χ1v) is 7.60. The molecule has 21 heavy (non-hydrogen) atoms. The van der Waals surface area contributed by atoms with Gasteiger partial charge < -0.3 is 15.2 Å². The van der Waals surface area contributed by atoms with Crippen molar-refractivity contribution >= 4 is 11.6 Å². The Kier molecular flexibility index (Phi) is 4.03. The molecule has 0 unspecified atom stereocenters. The summed E-state index contributed by atoms with van der Waals surface area (Å²) in [6, 6.07) is 0. The highest BCUT2D eigenvalue weighted by Crippen LogP contribution is 2.39. The maximum atomic E-state index is 4.71. The first-order chi connectivity index (χ1) is 10.3. The Morgan fingerprint density at radius 1 is 1.24 bits per heavy atom. The maximum Gasteiger partial charge on any atom is 0.136 e. The van der Waals surface area contributed by atoms with Crippen LogP contribution in [0.3, 0.4) is 0 Å². The Morgan fingerprint density at radius 2 is 2.00 bits per heavy atom. The third kappa shape index (κ3) is 3.32. The summed E-state index contributed by atoms with van der Waals surface area (Å²) in [6.07, 6.45) is 8.01. The van der Waals surface area contributed by atoms with Gasteiger partial charge in [0.1, 0.15) is 17.5 Å². The highest BCUT2D eigenvalue weighted by atomic mass is 15.1. The monoisotopic (exact) mass is 286 g/mol. The van der Waals surface area contributed by atoms with Crippen LogP contribution in [-0.2, 0) is 6.54 Å². The van der Waals surface area contributed by atoms with Gasteiger partial charge in [0.2, 0.25) is 0 Å². The lowest BCUT2D eigenvalue weighted by atomic mass is 10.2. The van der Waals surface area contributed by atoms with Gasteiger partial charge in [0.05, 0.1) is 6.33 Å². The highest BCUT2D eigenvalue weighted by molar-refractivity contribution is 5.57. The summed E-state index contributed by atoms with van der Waals surface area (Å²) >= 11 is 0. The summed E-state index contributed by atoms with van der Waals surface area (Å²) in [5.74, 6) is 3.43. The van der Waals surface area contributed by atoms with Crippen LogP contribution in [0.5, 0.6) is 0 Å². The quantitative estimate of drug-likeness (QED) is 0.818. The van der Waals surface area contributed by atoms with Crippen LogP contribution < -0.4 is 10.6 Å². The van der Waals surface area contributed by atoms with Crippen molar-refractivity contribution in [3.05, 3.63) is 30.1 Å². The second kappa shape index (κ2) is 6.11. The van der Waals surface area contributed by atoms with Crippen LogP contribution in [0.25, 0.3) is 0 Å². The van der Waals surface area contributed by atoms with E-state index < -0.39 is 0 Å². The van der Waals surface area contributed by atoms with Gasteiger partial charge in [-0.25, -0.2) is 15.0 Å². The Morgan fingerprint density at radius 3 is 2.62 bits per heavy atom. The molecule has 1 fully saturated rings. The molecule has 0 atom stereocenters. The van der Waals surface area contributed by atoms with Crippen LogP contribution in [-0.4, -0.2) is 32.6 Å². The van der Waals surface area contributed by atoms with E-state index in [2.05, 4.69) is 39.0 Å². The second-order valence-electron chi connectivity index (χ2n) is 5.44. The Balaban J connectivity index is 1.72. The van der Waals surface area contributed by atoms with Crippen molar-refractivity contribution in [2.75, 3.05) is 23.7 Å². The SMILES string of the molecule is CCNc1nc(C2CC2)nc(NCCn2ccnc2)c1C. The molecule has 0 bridgehead atoms. The Labute approximate surface area is 125 Å². The normalized spacial score (nSPS) is 14.2. The van der Waals surface area contributed by atoms with Crippen molar-refractivity contribution in [1.29, 1.82) is 0 Å². The fraction of sp³-hybridized carbons (Fsp3) is 0.533. The first-order valence-electron chi connectivity index (χ1n) is 7.60. The smallest absolute Gasteiger partial charge is 0.136 e. The molecule has 0 saturated heterocycles. The molecule has 0 radical (unpaired) electrons. The number of imidazole rings is 1. The van der Waals surface area contributed by atoms with Gasteiger partial charge in [0.25, 0.3) is 0 Å². The molecule has 0 amide bonds. The third-order valence-electron chi connectivity index (χ3n) is 3.67. The van der Waals surface area contributed by atoms with Gasteiger partial charge in [-0.1, -0.05) is 0 Å². The summed E-state index contributed by atoms with van der Waals surface area (Å²) < 4.78 is 2.05. The zero-order chi connectivity index (χ0) is 14.7. The van der Waals surface area contributed by atoms with Crippen molar-refractivity contribution < 1.29 is 0 Å². The van der Waals surface area contributed by atoms with Gasteiger partial charge in [-0.15, -0.1) is 0 Å². The Bertz CT molecular complexity index is 588. The zero-order valence-corrected chi connectivity index (χ0v) is 12.6. The lowest BCUT2D eigenvalue weighted by Gasteiger charge is -2.14. The van der Waals surface area contributed by atoms with E-state index in [1.165, 1.54) is 12.8 Å². The van der Waals surface area contributed by atoms with Crippen molar-refractivity contribution in [2.45, 2.75) is 39.2 Å². The number of nitrogens with one attached hydrogen (secondary N) is 2. The third-order valence-corrected chi connectivity index (χ3v) is 3.67. The van der Waals surface area contributed by atoms with E-state index in [1.54, 1.807) is 6.20 Å². The molecule has 0 spiro atoms. The predicted octanol–water partition coefficient (Wildman–Crippen LogP) is 2.40. The van der Waals surface area contributed by atoms with Gasteiger partial charge in [-0.2, -0.15) is 0 Å². The number of hydrogen-bond donors (Lipinski definition) is 2. The molecule has 6 heteroatoms. The number of rotatable bonds is 7. The number of nitrogens with zero attached hydrogens (tertiary/aromatic N) is 4. The minimum atomic E-state index is 0.553. The van der Waals surface area contributed by atoms with E-state index in [1.807, 2.05) is 12.5 Å². The highest BCUT2D eigenvalue weighted by Gasteiger charge is 2.28. The fourth-order valence-corrected chi connectivity index (χ4v) is 2.29. The largest absolute Gasteiger partial charge is 0.370 e. The van der Waals surface area contributed by atoms with Gasteiger partial charge in [0.15, 0.2) is 0 Å². The average Bonchev–Trinajstić information content (AvgIpc) is 3.20. The standard InChI is InChI=1S/C15H22N6/c1-3-17-13-11(2)14(20-15(19-13)12-4-5-12)18-7-9-21-8-6-16-10-21/h6,8,10,12H,3-5,7,9H2,1-2H3,(H2,17,18,19,20). The summed E-state index contributed by atoms with van der Waals surface area (Å²) in [4.78, 5) is 13.4. The van der Waals surface area contributed by atoms with Crippen LogP contribution in [0.2, 0.25) is 0 Å². The minimum absolute atomic E-state index is 0.553. The maximum absolute atomic E-state index is 4.71. The molecule has 2 heterocycles. The van der Waals surface area contributed by atoms with E-state index in [4.69, 9.17) is 4.98 Å². The molecule has 2 aromatic rings. The van der Waals surface area contributed by atoms with Crippen LogP contribution in [0.15, 0.2) is 18.7 Å².